The van der Waals surface area contributed by atoms with E-state index < -0.39 is 10.4 Å². The first-order chi connectivity index (χ1) is 9.74. The fourth-order valence-corrected chi connectivity index (χ4v) is 1.04. The average molecular weight is 341 g/mol. The largest absolute Gasteiger partial charge is 0.486 e. The molecule has 0 aromatic heterocycles. The molecule has 0 saturated carbocycles. The van der Waals surface area contributed by atoms with Crippen LogP contribution in [0.4, 0.5) is 0 Å². The molecule has 10 nitrogen and oxygen atoms in total. The number of benzene rings is 1. The van der Waals surface area contributed by atoms with Gasteiger partial charge in [0.15, 0.2) is 0 Å². The van der Waals surface area contributed by atoms with Gasteiger partial charge in [-0.15, -0.1) is 5.10 Å². The van der Waals surface area contributed by atoms with Crippen molar-refractivity contribution in [3.8, 4) is 5.75 Å². The van der Waals surface area contributed by atoms with E-state index >= 15 is 0 Å². The third kappa shape index (κ3) is 12.8. The molecule has 0 atom stereocenters. The maximum atomic E-state index is 8.74. The molecule has 0 aliphatic rings. The second kappa shape index (κ2) is 9.90. The third-order valence-electron chi connectivity index (χ3n) is 1.51. The molecule has 0 unspecified atom stereocenters. The first-order valence-corrected chi connectivity index (χ1v) is 6.83. The van der Waals surface area contributed by atoms with E-state index in [9.17, 15) is 0 Å². The summed E-state index contributed by atoms with van der Waals surface area (Å²) in [5.74, 6) is 0.363. The highest BCUT2D eigenvalue weighted by molar-refractivity contribution is 7.79. The van der Waals surface area contributed by atoms with Crippen LogP contribution in [0.25, 0.3) is 0 Å². The summed E-state index contributed by atoms with van der Waals surface area (Å²) in [6.45, 7) is 0.200. The van der Waals surface area contributed by atoms with E-state index in [0.717, 1.165) is 0 Å². The van der Waals surface area contributed by atoms with Crippen LogP contribution >= 0.6 is 11.6 Å². The van der Waals surface area contributed by atoms with Gasteiger partial charge in [0.05, 0.1) is 11.2 Å². The zero-order valence-electron chi connectivity index (χ0n) is 10.4. The Labute approximate surface area is 125 Å². The zero-order valence-corrected chi connectivity index (χ0v) is 12.0. The van der Waals surface area contributed by atoms with E-state index in [0.29, 0.717) is 10.8 Å². The van der Waals surface area contributed by atoms with Gasteiger partial charge in [-0.25, -0.2) is 5.48 Å². The van der Waals surface area contributed by atoms with Gasteiger partial charge in [0.25, 0.3) is 0 Å². The molecule has 0 saturated heterocycles. The van der Waals surface area contributed by atoms with Gasteiger partial charge in [-0.3, -0.25) is 14.3 Å². The van der Waals surface area contributed by atoms with Crippen LogP contribution in [0.15, 0.2) is 34.5 Å². The van der Waals surface area contributed by atoms with Gasteiger partial charge in [-0.2, -0.15) is 13.5 Å². The molecule has 0 aliphatic carbocycles. The summed E-state index contributed by atoms with van der Waals surface area (Å²) < 4.78 is 36.9. The SMILES string of the molecule is N/C(=N/N=C/COc1ccccc1Cl)NO.O=S(=O)(O)O. The van der Waals surface area contributed by atoms with E-state index in [4.69, 9.17) is 44.8 Å². The molecule has 12 heteroatoms. The van der Waals surface area contributed by atoms with Crippen molar-refractivity contribution in [3.05, 3.63) is 29.3 Å². The molecule has 0 spiro atoms. The van der Waals surface area contributed by atoms with Crippen molar-refractivity contribution in [3.63, 3.8) is 0 Å². The number of hydroxylamine groups is 1. The quantitative estimate of drug-likeness (QED) is 0.226. The highest BCUT2D eigenvalue weighted by Crippen LogP contribution is 2.22. The van der Waals surface area contributed by atoms with E-state index in [1.807, 2.05) is 6.07 Å². The molecule has 21 heavy (non-hydrogen) atoms. The van der Waals surface area contributed by atoms with Gasteiger partial charge in [-0.05, 0) is 12.1 Å². The minimum atomic E-state index is -4.67. The highest BCUT2D eigenvalue weighted by atomic mass is 35.5. The van der Waals surface area contributed by atoms with Gasteiger partial charge >= 0.3 is 10.4 Å². The number of para-hydroxylation sites is 1. The maximum absolute atomic E-state index is 8.74. The topological polar surface area (TPSA) is 167 Å². The van der Waals surface area contributed by atoms with Gasteiger partial charge in [0.2, 0.25) is 5.96 Å². The molecule has 0 heterocycles. The van der Waals surface area contributed by atoms with Crippen LogP contribution < -0.4 is 16.0 Å². The predicted molar refractivity (Wildman–Crippen MR) is 76.2 cm³/mol. The molecule has 0 radical (unpaired) electrons. The molecule has 0 bridgehead atoms. The Bertz CT molecular complexity index is 584. The van der Waals surface area contributed by atoms with Crippen LogP contribution in [0.1, 0.15) is 0 Å². The van der Waals surface area contributed by atoms with Crippen molar-refractivity contribution in [2.24, 2.45) is 15.9 Å². The Balaban J connectivity index is 0.000000690. The van der Waals surface area contributed by atoms with Gasteiger partial charge < -0.3 is 10.5 Å². The van der Waals surface area contributed by atoms with Crippen molar-refractivity contribution in [2.75, 3.05) is 6.61 Å². The monoisotopic (exact) mass is 340 g/mol. The van der Waals surface area contributed by atoms with Crippen molar-refractivity contribution < 1.29 is 27.5 Å². The summed E-state index contributed by atoms with van der Waals surface area (Å²) >= 11 is 5.85. The minimum absolute atomic E-state index is 0.200. The van der Waals surface area contributed by atoms with Crippen LogP contribution in [0, 0.1) is 0 Å². The number of rotatable bonds is 4. The van der Waals surface area contributed by atoms with E-state index in [2.05, 4.69) is 10.2 Å². The van der Waals surface area contributed by atoms with E-state index in [-0.39, 0.29) is 12.6 Å². The van der Waals surface area contributed by atoms with Crippen molar-refractivity contribution in [2.45, 2.75) is 0 Å². The Morgan fingerprint density at radius 3 is 2.52 bits per heavy atom. The molecule has 0 aliphatic heterocycles. The summed E-state index contributed by atoms with van der Waals surface area (Å²) in [5, 5.41) is 15.7. The number of nitrogens with two attached hydrogens (primary N) is 1. The summed E-state index contributed by atoms with van der Waals surface area (Å²) in [4.78, 5) is 0. The molecular formula is C9H13ClN4O6S. The number of halogens is 1. The van der Waals surface area contributed by atoms with Crippen molar-refractivity contribution >= 4 is 34.2 Å². The van der Waals surface area contributed by atoms with Crippen molar-refractivity contribution in [1.82, 2.24) is 5.48 Å². The fourth-order valence-electron chi connectivity index (χ4n) is 0.848. The van der Waals surface area contributed by atoms with Gasteiger partial charge in [-0.1, -0.05) is 23.7 Å². The minimum Gasteiger partial charge on any atom is -0.486 e. The van der Waals surface area contributed by atoms with Crippen LogP contribution in [0.3, 0.4) is 0 Å². The highest BCUT2D eigenvalue weighted by Gasteiger charge is 1.97. The Morgan fingerprint density at radius 1 is 1.43 bits per heavy atom. The Kier molecular flexibility index (Phi) is 9.00. The van der Waals surface area contributed by atoms with Crippen molar-refractivity contribution in [1.29, 1.82) is 0 Å². The second-order valence-electron chi connectivity index (χ2n) is 3.08. The van der Waals surface area contributed by atoms with Crippen LogP contribution in [-0.2, 0) is 10.4 Å². The lowest BCUT2D eigenvalue weighted by atomic mass is 10.3. The van der Waals surface area contributed by atoms with Gasteiger partial charge in [0.1, 0.15) is 12.4 Å². The maximum Gasteiger partial charge on any atom is 0.394 e. The van der Waals surface area contributed by atoms with Crippen LogP contribution in [0.5, 0.6) is 5.75 Å². The second-order valence-corrected chi connectivity index (χ2v) is 4.39. The summed E-state index contributed by atoms with van der Waals surface area (Å²) in [6, 6.07) is 7.08. The van der Waals surface area contributed by atoms with Crippen LogP contribution in [-0.4, -0.2) is 41.5 Å². The Hall–Kier alpha value is -1.92. The fraction of sp³-hybridized carbons (Fsp3) is 0.111. The summed E-state index contributed by atoms with van der Waals surface area (Å²) in [5.41, 5.74) is 6.74. The number of nitrogens with zero attached hydrogens (tertiary/aromatic N) is 2. The number of guanidine groups is 1. The number of nitrogens with one attached hydrogen (secondary N) is 1. The molecule has 118 valence electrons. The Morgan fingerprint density at radius 2 is 2.00 bits per heavy atom. The van der Waals surface area contributed by atoms with Gasteiger partial charge in [0, 0.05) is 0 Å². The lowest BCUT2D eigenvalue weighted by molar-refractivity contribution is 0.232. The number of hydrogen-bond acceptors (Lipinski definition) is 6. The predicted octanol–water partition coefficient (Wildman–Crippen LogP) is 0.345. The van der Waals surface area contributed by atoms with Crippen LogP contribution in [0.2, 0.25) is 5.02 Å². The first kappa shape index (κ1) is 19.1. The summed E-state index contributed by atoms with van der Waals surface area (Å²) in [6.07, 6.45) is 1.38. The molecule has 6 N–H and O–H groups in total. The first-order valence-electron chi connectivity index (χ1n) is 5.06. The third-order valence-corrected chi connectivity index (χ3v) is 1.82. The number of ether oxygens (including phenoxy) is 1. The molecule has 0 amide bonds. The normalized spacial score (nSPS) is 11.7. The molecule has 1 aromatic rings. The average Bonchev–Trinajstić information content (AvgIpc) is 2.38. The summed E-state index contributed by atoms with van der Waals surface area (Å²) in [7, 11) is -4.67. The molecule has 1 aromatic carbocycles. The lowest BCUT2D eigenvalue weighted by Crippen LogP contribution is -2.27. The number of hydrogen-bond donors (Lipinski definition) is 5. The molecule has 1 rings (SSSR count). The van der Waals surface area contributed by atoms with E-state index in [1.165, 1.54) is 6.21 Å². The molecule has 0 fully saturated rings. The zero-order chi connectivity index (χ0) is 16.3. The molecular weight excluding hydrogens is 328 g/mol. The standard InChI is InChI=1S/C9H11ClN4O2.H2O4S/c10-7-3-1-2-4-8(7)16-6-5-12-13-9(11)14-15;1-5(2,3)4/h1-5,15H,6H2,(H3,11,13,14);(H2,1,2,3,4)/b12-5+;. The smallest absolute Gasteiger partial charge is 0.394 e. The van der Waals surface area contributed by atoms with E-state index in [1.54, 1.807) is 23.7 Å². The lowest BCUT2D eigenvalue weighted by Gasteiger charge is -2.03.